The van der Waals surface area contributed by atoms with Crippen LogP contribution in [0.5, 0.6) is 0 Å². The van der Waals surface area contributed by atoms with Gasteiger partial charge in [-0.25, -0.2) is 0 Å². The van der Waals surface area contributed by atoms with Crippen LogP contribution in [0.4, 0.5) is 0 Å². The van der Waals surface area contributed by atoms with E-state index in [-0.39, 0.29) is 43.2 Å². The SMILES string of the molecule is C[C@@H]1[C@H]2C[C@@H](C[C@H]1[N+]13CC(=O)O[B-]1([C@@H]1O[C@H]1c1ccccc1)OC(=O)C3)C2(C)C. The Bertz CT molecular complexity index is 882. The third-order valence-electron chi connectivity index (χ3n) is 9.21. The second-order valence-electron chi connectivity index (χ2n) is 10.6. The Hall–Kier alpha value is -1.86. The first-order valence-corrected chi connectivity index (χ1v) is 10.9. The largest absolute Gasteiger partial charge is 0.615 e. The fourth-order valence-electron chi connectivity index (χ4n) is 7.56. The summed E-state index contributed by atoms with van der Waals surface area (Å²) in [6.07, 6.45) is 2.08. The number of ether oxygens (including phenoxy) is 1. The molecule has 7 rings (SSSR count). The fraction of sp³-hybridized carbons (Fsp3) is 0.636. The zero-order valence-electron chi connectivity index (χ0n) is 17.2. The third-order valence-corrected chi connectivity index (χ3v) is 9.21. The van der Waals surface area contributed by atoms with Gasteiger partial charge in [0.05, 0.1) is 12.1 Å². The van der Waals surface area contributed by atoms with Crippen molar-refractivity contribution in [1.82, 2.24) is 0 Å². The minimum Gasteiger partial charge on any atom is -0.598 e. The van der Waals surface area contributed by atoms with Gasteiger partial charge in [0, 0.05) is 5.92 Å². The van der Waals surface area contributed by atoms with Crippen molar-refractivity contribution in [2.45, 2.75) is 51.8 Å². The van der Waals surface area contributed by atoms with Crippen molar-refractivity contribution in [3.63, 3.8) is 0 Å². The molecule has 6 fully saturated rings. The van der Waals surface area contributed by atoms with Crippen molar-refractivity contribution in [3.05, 3.63) is 35.9 Å². The monoisotopic (exact) mass is 397 g/mol. The number of rotatable bonds is 3. The molecule has 2 bridgehead atoms. The van der Waals surface area contributed by atoms with Gasteiger partial charge < -0.3 is 18.4 Å². The number of benzene rings is 1. The molecular formula is C22H28BNO5. The maximum atomic E-state index is 12.6. The molecule has 6 nitrogen and oxygen atoms in total. The van der Waals surface area contributed by atoms with Crippen LogP contribution in [0.15, 0.2) is 30.3 Å². The van der Waals surface area contributed by atoms with Gasteiger partial charge in [-0.2, -0.15) is 0 Å². The highest BCUT2D eigenvalue weighted by Crippen LogP contribution is 2.65. The molecule has 6 atom stereocenters. The summed E-state index contributed by atoms with van der Waals surface area (Å²) in [5.74, 6) is 1.14. The predicted octanol–water partition coefficient (Wildman–Crippen LogP) is 2.61. The molecule has 3 saturated heterocycles. The average molecular weight is 397 g/mol. The van der Waals surface area contributed by atoms with Gasteiger partial charge in [-0.15, -0.1) is 0 Å². The molecule has 0 N–H and O–H groups in total. The van der Waals surface area contributed by atoms with Gasteiger partial charge in [0.2, 0.25) is 0 Å². The average Bonchev–Trinajstić information content (AvgIpc) is 3.36. The standard InChI is InChI=1S/C22H28BNO5/c1-13-16-9-15(22(16,2)3)10-17(13)24-11-18(25)28-23(24,29-19(26)12-24)21-20(27-21)14-7-5-4-6-8-14/h4-8,13,15-17,20-21H,9-12H2,1-3H3/t13-,15+,16-,17-,20+,21-,23?,24?/m1/s1. The first-order chi connectivity index (χ1) is 13.8. The van der Waals surface area contributed by atoms with Crippen molar-refractivity contribution in [1.29, 1.82) is 0 Å². The Morgan fingerprint density at radius 2 is 1.69 bits per heavy atom. The minimum atomic E-state index is -2.20. The summed E-state index contributed by atoms with van der Waals surface area (Å²) in [5, 5.41) is 0. The molecule has 3 aliphatic carbocycles. The number of hydrogen-bond donors (Lipinski definition) is 0. The molecule has 7 heteroatoms. The maximum absolute atomic E-state index is 12.6. The van der Waals surface area contributed by atoms with E-state index in [9.17, 15) is 9.59 Å². The van der Waals surface area contributed by atoms with E-state index in [4.69, 9.17) is 14.0 Å². The predicted molar refractivity (Wildman–Crippen MR) is 105 cm³/mol. The van der Waals surface area contributed by atoms with E-state index in [1.807, 2.05) is 30.3 Å². The van der Waals surface area contributed by atoms with Crippen LogP contribution in [0, 0.1) is 23.2 Å². The van der Waals surface area contributed by atoms with Crippen molar-refractivity contribution < 1.29 is 28.0 Å². The number of carbonyl (C=O) groups excluding carboxylic acids is 2. The van der Waals surface area contributed by atoms with Gasteiger partial charge >= 0.3 is 18.6 Å². The van der Waals surface area contributed by atoms with Gasteiger partial charge in [-0.3, -0.25) is 9.59 Å². The zero-order valence-corrected chi connectivity index (χ0v) is 17.2. The molecule has 0 unspecified atom stereocenters. The normalized spacial score (nSPS) is 49.1. The van der Waals surface area contributed by atoms with Crippen LogP contribution in [0.1, 0.15) is 45.3 Å². The summed E-state index contributed by atoms with van der Waals surface area (Å²) in [5.41, 5.74) is 1.38. The Morgan fingerprint density at radius 1 is 1.03 bits per heavy atom. The number of epoxide rings is 1. The van der Waals surface area contributed by atoms with Crippen LogP contribution in [0.25, 0.3) is 0 Å². The second-order valence-corrected chi connectivity index (χ2v) is 10.6. The number of carbonyl (C=O) groups is 2. The van der Waals surface area contributed by atoms with Crippen molar-refractivity contribution in [2.24, 2.45) is 23.2 Å². The Labute approximate surface area is 171 Å². The molecule has 1 aromatic carbocycles. The van der Waals surface area contributed by atoms with Crippen LogP contribution in [0.3, 0.4) is 0 Å². The van der Waals surface area contributed by atoms with Crippen LogP contribution in [-0.4, -0.2) is 48.2 Å². The first-order valence-electron chi connectivity index (χ1n) is 10.9. The lowest BCUT2D eigenvalue weighted by atomic mass is 9.43. The van der Waals surface area contributed by atoms with Gasteiger partial charge in [-0.1, -0.05) is 51.1 Å². The molecule has 3 aliphatic heterocycles. The Morgan fingerprint density at radius 3 is 2.28 bits per heavy atom. The van der Waals surface area contributed by atoms with Crippen molar-refractivity contribution in [2.75, 3.05) is 13.1 Å². The Balaban J connectivity index is 1.40. The molecule has 0 spiro atoms. The lowest BCUT2D eigenvalue weighted by Gasteiger charge is -2.66. The molecule has 0 aromatic heterocycles. The first kappa shape index (κ1) is 18.0. The van der Waals surface area contributed by atoms with Gasteiger partial charge in [0.15, 0.2) is 0 Å². The van der Waals surface area contributed by atoms with Gasteiger partial charge in [-0.05, 0) is 35.7 Å². The van der Waals surface area contributed by atoms with Crippen LogP contribution in [-0.2, 0) is 23.6 Å². The summed E-state index contributed by atoms with van der Waals surface area (Å²) >= 11 is 0. The van der Waals surface area contributed by atoms with E-state index in [0.29, 0.717) is 27.6 Å². The Kier molecular flexibility index (Phi) is 3.37. The molecule has 29 heavy (non-hydrogen) atoms. The summed E-state index contributed by atoms with van der Waals surface area (Å²) in [6.45, 7) is 5.28. The van der Waals surface area contributed by atoms with E-state index >= 15 is 0 Å². The second kappa shape index (κ2) is 5.44. The van der Waals surface area contributed by atoms with Crippen molar-refractivity contribution in [3.8, 4) is 0 Å². The lowest BCUT2D eigenvalue weighted by molar-refractivity contribution is -0.852. The highest BCUT2D eigenvalue weighted by molar-refractivity contribution is 6.68. The molecule has 3 saturated carbocycles. The van der Waals surface area contributed by atoms with Crippen LogP contribution < -0.4 is 0 Å². The van der Waals surface area contributed by atoms with Crippen molar-refractivity contribution >= 4 is 18.6 Å². The third kappa shape index (κ3) is 2.10. The molecular weight excluding hydrogens is 369 g/mol. The molecule has 6 aliphatic rings. The van der Waals surface area contributed by atoms with E-state index in [2.05, 4.69) is 20.8 Å². The number of nitrogens with zero attached hydrogens (tertiary/aromatic N) is 1. The topological polar surface area (TPSA) is 65.1 Å². The maximum Gasteiger partial charge on any atom is 0.615 e. The smallest absolute Gasteiger partial charge is 0.598 e. The molecule has 3 heterocycles. The van der Waals surface area contributed by atoms with Crippen LogP contribution >= 0.6 is 0 Å². The summed E-state index contributed by atoms with van der Waals surface area (Å²) < 4.78 is 18.3. The molecule has 0 radical (unpaired) electrons. The minimum absolute atomic E-state index is 0.185. The molecule has 0 amide bonds. The van der Waals surface area contributed by atoms with E-state index < -0.39 is 6.69 Å². The number of hydrogen-bond acceptors (Lipinski definition) is 5. The van der Waals surface area contributed by atoms with E-state index in [0.717, 1.165) is 12.0 Å². The highest BCUT2D eigenvalue weighted by atomic mass is 16.7. The van der Waals surface area contributed by atoms with E-state index in [1.165, 1.54) is 6.42 Å². The van der Waals surface area contributed by atoms with Crippen LogP contribution in [0.2, 0.25) is 0 Å². The number of quaternary nitrogens is 1. The zero-order chi connectivity index (χ0) is 20.2. The molecule has 154 valence electrons. The van der Waals surface area contributed by atoms with E-state index in [1.54, 1.807) is 0 Å². The summed E-state index contributed by atoms with van der Waals surface area (Å²) in [6, 6.07) is 9.76. The van der Waals surface area contributed by atoms with Gasteiger partial charge in [0.1, 0.15) is 19.1 Å². The lowest BCUT2D eigenvalue weighted by Crippen LogP contribution is -2.75. The van der Waals surface area contributed by atoms with Gasteiger partial charge in [0.25, 0.3) is 0 Å². The summed E-state index contributed by atoms with van der Waals surface area (Å²) in [4.78, 5) is 25.3. The highest BCUT2D eigenvalue weighted by Gasteiger charge is 2.80. The quantitative estimate of drug-likeness (QED) is 0.580. The number of fused-ring (bicyclic) bond motifs is 4. The molecule has 1 aromatic rings. The summed E-state index contributed by atoms with van der Waals surface area (Å²) in [7, 11) is 0. The fourth-order valence-corrected chi connectivity index (χ4v) is 7.56.